The number of rotatable bonds is 3. The summed E-state index contributed by atoms with van der Waals surface area (Å²) >= 11 is 0. The third-order valence-electron chi connectivity index (χ3n) is 1.35. The minimum atomic E-state index is -1.04. The zero-order chi connectivity index (χ0) is 9.14. The Morgan fingerprint density at radius 3 is 3.00 bits per heavy atom. The van der Waals surface area contributed by atoms with Crippen LogP contribution in [0.25, 0.3) is 0 Å². The van der Waals surface area contributed by atoms with Crippen LogP contribution in [0.4, 0.5) is 0 Å². The van der Waals surface area contributed by atoms with E-state index in [-0.39, 0.29) is 6.54 Å². The molecule has 0 aliphatic carbocycles. The van der Waals surface area contributed by atoms with Crippen molar-refractivity contribution in [1.29, 1.82) is 0 Å². The zero-order valence-corrected chi connectivity index (χ0v) is 6.64. The summed E-state index contributed by atoms with van der Waals surface area (Å²) < 4.78 is 1.41. The number of carbonyl (C=O) groups is 1. The Kier molecular flexibility index (Phi) is 2.39. The zero-order valence-electron chi connectivity index (χ0n) is 6.64. The number of hydrogen-bond donors (Lipinski definition) is 2. The van der Waals surface area contributed by atoms with Crippen molar-refractivity contribution in [2.45, 2.75) is 19.5 Å². The maximum atomic E-state index is 10.3. The molecule has 0 spiro atoms. The summed E-state index contributed by atoms with van der Waals surface area (Å²) in [6.45, 7) is 1.92. The minimum Gasteiger partial charge on any atom is -0.480 e. The van der Waals surface area contributed by atoms with Crippen LogP contribution in [0.1, 0.15) is 5.69 Å². The third-order valence-corrected chi connectivity index (χ3v) is 1.35. The monoisotopic (exact) mass is 170 g/mol. The van der Waals surface area contributed by atoms with Crippen LogP contribution in [0, 0.1) is 6.92 Å². The number of hydrogen-bond acceptors (Lipinski definition) is 4. The molecule has 1 heterocycles. The van der Waals surface area contributed by atoms with Gasteiger partial charge in [-0.05, 0) is 6.92 Å². The van der Waals surface area contributed by atoms with Gasteiger partial charge in [0.2, 0.25) is 0 Å². The van der Waals surface area contributed by atoms with Gasteiger partial charge in [-0.2, -0.15) is 0 Å². The van der Waals surface area contributed by atoms with E-state index in [4.69, 9.17) is 10.8 Å². The summed E-state index contributed by atoms with van der Waals surface area (Å²) in [6, 6.07) is -0.925. The summed E-state index contributed by atoms with van der Waals surface area (Å²) in [4.78, 5) is 10.3. The maximum absolute atomic E-state index is 10.3. The van der Waals surface area contributed by atoms with E-state index in [0.717, 1.165) is 5.69 Å². The Morgan fingerprint density at radius 1 is 1.92 bits per heavy atom. The van der Waals surface area contributed by atoms with Gasteiger partial charge in [0.15, 0.2) is 0 Å². The van der Waals surface area contributed by atoms with Gasteiger partial charge in [0.1, 0.15) is 6.04 Å². The molecule has 0 saturated heterocycles. The first kappa shape index (κ1) is 8.66. The van der Waals surface area contributed by atoms with Crippen molar-refractivity contribution in [2.75, 3.05) is 0 Å². The van der Waals surface area contributed by atoms with Crippen molar-refractivity contribution in [3.8, 4) is 0 Å². The van der Waals surface area contributed by atoms with Crippen molar-refractivity contribution >= 4 is 5.97 Å². The average molecular weight is 170 g/mol. The maximum Gasteiger partial charge on any atom is 0.322 e. The van der Waals surface area contributed by atoms with Gasteiger partial charge in [-0.3, -0.25) is 9.48 Å². The Morgan fingerprint density at radius 2 is 2.58 bits per heavy atom. The van der Waals surface area contributed by atoms with Crippen molar-refractivity contribution in [3.05, 3.63) is 11.9 Å². The van der Waals surface area contributed by atoms with Crippen LogP contribution < -0.4 is 5.73 Å². The minimum absolute atomic E-state index is 0.149. The van der Waals surface area contributed by atoms with E-state index in [2.05, 4.69) is 10.3 Å². The number of carboxylic acid groups (broad SMARTS) is 1. The molecule has 66 valence electrons. The van der Waals surface area contributed by atoms with Crippen LogP contribution in [0.15, 0.2) is 6.20 Å². The molecule has 0 saturated carbocycles. The Balaban J connectivity index is 2.58. The second-order valence-electron chi connectivity index (χ2n) is 2.53. The van der Waals surface area contributed by atoms with Gasteiger partial charge in [-0.1, -0.05) is 5.21 Å². The van der Waals surface area contributed by atoms with E-state index in [1.807, 2.05) is 0 Å². The van der Waals surface area contributed by atoms with Crippen LogP contribution in [0.5, 0.6) is 0 Å². The fourth-order valence-electron chi connectivity index (χ4n) is 0.764. The standard InChI is InChI=1S/C6H10N4O2/c1-4-2-10(9-8-4)3-5(7)6(11)12/h2,5H,3,7H2,1H3,(H,11,12)/t5-/m0/s1. The van der Waals surface area contributed by atoms with Crippen LogP contribution in [0.2, 0.25) is 0 Å². The van der Waals surface area contributed by atoms with Crippen LogP contribution in [0.3, 0.4) is 0 Å². The third kappa shape index (κ3) is 2.03. The number of nitrogens with two attached hydrogens (primary N) is 1. The molecule has 0 aliphatic rings. The first-order valence-corrected chi connectivity index (χ1v) is 3.44. The molecule has 1 atom stereocenters. The lowest BCUT2D eigenvalue weighted by Gasteiger charge is -2.04. The lowest BCUT2D eigenvalue weighted by molar-refractivity contribution is -0.138. The Bertz CT molecular complexity index is 283. The Hall–Kier alpha value is -1.43. The topological polar surface area (TPSA) is 94.0 Å². The number of aromatic nitrogens is 3. The van der Waals surface area contributed by atoms with Crippen molar-refractivity contribution < 1.29 is 9.90 Å². The van der Waals surface area contributed by atoms with Gasteiger partial charge in [0, 0.05) is 6.20 Å². The van der Waals surface area contributed by atoms with Crippen molar-refractivity contribution in [2.24, 2.45) is 5.73 Å². The van der Waals surface area contributed by atoms with Crippen LogP contribution in [-0.4, -0.2) is 32.1 Å². The molecular weight excluding hydrogens is 160 g/mol. The largest absolute Gasteiger partial charge is 0.480 e. The predicted octanol–water partition coefficient (Wildman–Crippen LogP) is -1.00. The molecule has 0 aliphatic heterocycles. The first-order valence-electron chi connectivity index (χ1n) is 3.44. The molecule has 0 unspecified atom stereocenters. The molecule has 6 nitrogen and oxygen atoms in total. The second-order valence-corrected chi connectivity index (χ2v) is 2.53. The molecule has 6 heteroatoms. The molecule has 0 radical (unpaired) electrons. The summed E-state index contributed by atoms with van der Waals surface area (Å²) in [6.07, 6.45) is 1.64. The molecule has 1 aromatic heterocycles. The van der Waals surface area contributed by atoms with Crippen molar-refractivity contribution in [3.63, 3.8) is 0 Å². The lowest BCUT2D eigenvalue weighted by Crippen LogP contribution is -2.34. The van der Waals surface area contributed by atoms with E-state index in [9.17, 15) is 4.79 Å². The molecule has 12 heavy (non-hydrogen) atoms. The number of aryl methyl sites for hydroxylation is 1. The van der Waals surface area contributed by atoms with Gasteiger partial charge in [-0.15, -0.1) is 5.10 Å². The number of aliphatic carboxylic acids is 1. The van der Waals surface area contributed by atoms with Crippen molar-refractivity contribution in [1.82, 2.24) is 15.0 Å². The number of carboxylic acids is 1. The van der Waals surface area contributed by atoms with E-state index in [1.165, 1.54) is 4.68 Å². The molecule has 1 rings (SSSR count). The summed E-state index contributed by atoms with van der Waals surface area (Å²) in [5, 5.41) is 15.8. The van der Waals surface area contributed by atoms with Gasteiger partial charge >= 0.3 is 5.97 Å². The van der Waals surface area contributed by atoms with Gasteiger partial charge in [-0.25, -0.2) is 0 Å². The van der Waals surface area contributed by atoms with Gasteiger partial charge < -0.3 is 10.8 Å². The highest BCUT2D eigenvalue weighted by atomic mass is 16.4. The fraction of sp³-hybridized carbons (Fsp3) is 0.500. The van der Waals surface area contributed by atoms with Crippen LogP contribution in [-0.2, 0) is 11.3 Å². The molecule has 3 N–H and O–H groups in total. The molecule has 0 fully saturated rings. The van der Waals surface area contributed by atoms with E-state index in [1.54, 1.807) is 13.1 Å². The molecule has 1 aromatic rings. The lowest BCUT2D eigenvalue weighted by atomic mass is 10.3. The predicted molar refractivity (Wildman–Crippen MR) is 40.4 cm³/mol. The quantitative estimate of drug-likeness (QED) is 0.606. The Labute approximate surface area is 69.0 Å². The summed E-state index contributed by atoms with van der Waals surface area (Å²) in [5.74, 6) is -1.04. The molecule has 0 aromatic carbocycles. The second kappa shape index (κ2) is 3.31. The highest BCUT2D eigenvalue weighted by Crippen LogP contribution is 1.91. The van der Waals surface area contributed by atoms with E-state index < -0.39 is 12.0 Å². The van der Waals surface area contributed by atoms with Crippen LogP contribution >= 0.6 is 0 Å². The average Bonchev–Trinajstić information content (AvgIpc) is 2.35. The SMILES string of the molecule is Cc1cn(C[C@H](N)C(=O)O)nn1. The van der Waals surface area contributed by atoms with E-state index in [0.29, 0.717) is 0 Å². The smallest absolute Gasteiger partial charge is 0.322 e. The highest BCUT2D eigenvalue weighted by Gasteiger charge is 2.12. The number of nitrogens with zero attached hydrogens (tertiary/aromatic N) is 3. The molecular formula is C6H10N4O2. The molecule has 0 bridgehead atoms. The fourth-order valence-corrected chi connectivity index (χ4v) is 0.764. The first-order chi connectivity index (χ1) is 5.59. The summed E-state index contributed by atoms with van der Waals surface area (Å²) in [5.41, 5.74) is 6.01. The van der Waals surface area contributed by atoms with E-state index >= 15 is 0 Å². The van der Waals surface area contributed by atoms with Gasteiger partial charge in [0.25, 0.3) is 0 Å². The molecule has 0 amide bonds. The van der Waals surface area contributed by atoms with Gasteiger partial charge in [0.05, 0.1) is 12.2 Å². The normalized spacial score (nSPS) is 12.8. The summed E-state index contributed by atoms with van der Waals surface area (Å²) in [7, 11) is 0. The highest BCUT2D eigenvalue weighted by molar-refractivity contribution is 5.72.